The molecule has 0 spiro atoms. The third-order valence-corrected chi connectivity index (χ3v) is 11.9. The molecule has 1 fully saturated rings. The molecule has 0 aliphatic carbocycles. The first-order valence-corrected chi connectivity index (χ1v) is 19.8. The smallest absolute Gasteiger partial charge is 0.354 e. The predicted molar refractivity (Wildman–Crippen MR) is 207 cm³/mol. The second kappa shape index (κ2) is 14.8. The number of hydrogen-bond acceptors (Lipinski definition) is 7. The summed E-state index contributed by atoms with van der Waals surface area (Å²) in [7, 11) is 3.40. The number of aryl methyl sites for hydroxylation is 5. The Bertz CT molecular complexity index is 2360. The van der Waals surface area contributed by atoms with E-state index >= 15 is 0 Å². The SMILES string of the molecule is COC(=O)c1c(C)c2c3c(Cl)ccc2n1CCCOc1cc(cc2cc(F)ccc12)CCc1cc(nn1C)CSCc1nn(C2CCCCO2)c(C)c1-3. The number of thioether (sulfide) groups is 1. The van der Waals surface area contributed by atoms with Crippen LogP contribution < -0.4 is 4.74 Å². The van der Waals surface area contributed by atoms with E-state index in [0.29, 0.717) is 54.2 Å². The summed E-state index contributed by atoms with van der Waals surface area (Å²) in [6.07, 6.45) is 4.99. The lowest BCUT2D eigenvalue weighted by molar-refractivity contribution is -0.0407. The van der Waals surface area contributed by atoms with E-state index in [1.54, 1.807) is 23.9 Å². The van der Waals surface area contributed by atoms with Crippen LogP contribution in [0.3, 0.4) is 0 Å². The minimum absolute atomic E-state index is 0.150. The zero-order chi connectivity index (χ0) is 36.8. The fraction of sp³-hybridized carbons (Fsp3) is 0.390. The first-order valence-electron chi connectivity index (χ1n) is 18.3. The van der Waals surface area contributed by atoms with Crippen LogP contribution in [0.1, 0.15) is 76.3 Å². The summed E-state index contributed by atoms with van der Waals surface area (Å²) in [4.78, 5) is 13.5. The van der Waals surface area contributed by atoms with Crippen LogP contribution in [-0.4, -0.2) is 50.4 Å². The largest absolute Gasteiger partial charge is 0.493 e. The fourth-order valence-electron chi connectivity index (χ4n) is 8.08. The number of halogens is 2. The molecular weight excluding hydrogens is 713 g/mol. The summed E-state index contributed by atoms with van der Waals surface area (Å²) in [6.45, 7) is 5.65. The van der Waals surface area contributed by atoms with Crippen molar-refractivity contribution in [3.05, 3.63) is 99.0 Å². The van der Waals surface area contributed by atoms with Gasteiger partial charge in [0.25, 0.3) is 0 Å². The molecule has 9 nitrogen and oxygen atoms in total. The summed E-state index contributed by atoms with van der Waals surface area (Å²) in [5.74, 6) is 1.35. The van der Waals surface area contributed by atoms with E-state index in [2.05, 4.69) is 19.1 Å². The van der Waals surface area contributed by atoms with Crippen LogP contribution in [0.5, 0.6) is 5.75 Å². The van der Waals surface area contributed by atoms with Crippen molar-refractivity contribution in [1.82, 2.24) is 24.1 Å². The number of rotatable bonds is 2. The molecule has 1 atom stereocenters. The highest BCUT2D eigenvalue weighted by atomic mass is 35.5. The molecule has 0 amide bonds. The number of benzene rings is 3. The van der Waals surface area contributed by atoms with Gasteiger partial charge in [0.2, 0.25) is 0 Å². The van der Waals surface area contributed by atoms with Crippen LogP contribution in [0.15, 0.2) is 48.5 Å². The Morgan fingerprint density at radius 3 is 2.68 bits per heavy atom. The Kier molecular flexibility index (Phi) is 9.99. The van der Waals surface area contributed by atoms with Gasteiger partial charge in [-0.1, -0.05) is 17.7 Å². The number of esters is 1. The number of hydrogen-bond donors (Lipinski definition) is 0. The minimum atomic E-state index is -0.412. The van der Waals surface area contributed by atoms with Crippen LogP contribution in [-0.2, 0) is 47.4 Å². The number of fused-ring (bicyclic) bond motifs is 8. The van der Waals surface area contributed by atoms with Crippen molar-refractivity contribution in [1.29, 1.82) is 0 Å². The Morgan fingerprint density at radius 1 is 1.00 bits per heavy atom. The van der Waals surface area contributed by atoms with Crippen LogP contribution in [0.4, 0.5) is 4.39 Å². The Labute approximate surface area is 317 Å². The standard InChI is InChI=1S/C41H43ClFN5O4S/c1-24-37-34-14-13-32(42)39(37)38-25(2)48(36-8-5-6-16-52-36)45-33(38)23-53-22-29-21-30(46(3)44-29)11-9-26-18-27-20-28(43)10-12-31(27)35(19-26)51-17-7-15-47(34)40(24)41(49)50-4/h10,12-14,18-21,36H,5-9,11,15-17,22-23H2,1-4H3. The summed E-state index contributed by atoms with van der Waals surface area (Å²) < 4.78 is 38.5. The zero-order valence-electron chi connectivity index (χ0n) is 30.5. The van der Waals surface area contributed by atoms with E-state index in [1.807, 2.05) is 46.1 Å². The molecule has 1 saturated heterocycles. The van der Waals surface area contributed by atoms with E-state index in [-0.39, 0.29) is 12.0 Å². The quantitative estimate of drug-likeness (QED) is 0.163. The number of aromatic nitrogens is 5. The monoisotopic (exact) mass is 755 g/mol. The van der Waals surface area contributed by atoms with Gasteiger partial charge in [-0.2, -0.15) is 10.2 Å². The van der Waals surface area contributed by atoms with Crippen molar-refractivity contribution >= 4 is 51.0 Å². The lowest BCUT2D eigenvalue weighted by Gasteiger charge is -2.24. The van der Waals surface area contributed by atoms with Crippen LogP contribution in [0, 0.1) is 19.7 Å². The van der Waals surface area contributed by atoms with Crippen molar-refractivity contribution in [2.75, 3.05) is 20.3 Å². The van der Waals surface area contributed by atoms with E-state index in [4.69, 9.17) is 36.0 Å². The average Bonchev–Trinajstić information content (AvgIpc) is 3.77. The third kappa shape index (κ3) is 6.72. The van der Waals surface area contributed by atoms with Crippen molar-refractivity contribution < 1.29 is 23.4 Å². The highest BCUT2D eigenvalue weighted by Gasteiger charge is 2.30. The fourth-order valence-corrected chi connectivity index (χ4v) is 9.18. The molecule has 53 heavy (non-hydrogen) atoms. The Hall–Kier alpha value is -4.32. The van der Waals surface area contributed by atoms with Crippen molar-refractivity contribution in [3.63, 3.8) is 0 Å². The summed E-state index contributed by atoms with van der Waals surface area (Å²) in [5, 5.41) is 13.2. The first kappa shape index (κ1) is 35.7. The predicted octanol–water partition coefficient (Wildman–Crippen LogP) is 9.29. The van der Waals surface area contributed by atoms with Gasteiger partial charge in [0, 0.05) is 75.5 Å². The molecular formula is C41H43ClFN5O4S. The molecule has 0 radical (unpaired) electrons. The molecule has 0 N–H and O–H groups in total. The van der Waals surface area contributed by atoms with Crippen molar-refractivity contribution in [3.8, 4) is 16.9 Å². The molecule has 0 saturated carbocycles. The maximum Gasteiger partial charge on any atom is 0.354 e. The second-order valence-corrected chi connectivity index (χ2v) is 15.4. The van der Waals surface area contributed by atoms with Crippen LogP contribution in [0.2, 0.25) is 5.02 Å². The lowest BCUT2D eigenvalue weighted by atomic mass is 9.97. The lowest BCUT2D eigenvalue weighted by Crippen LogP contribution is -2.20. The van der Waals surface area contributed by atoms with Gasteiger partial charge < -0.3 is 18.8 Å². The molecule has 12 heteroatoms. The third-order valence-electron chi connectivity index (χ3n) is 10.6. The molecule has 3 aromatic heterocycles. The Balaban J connectivity index is 1.27. The summed E-state index contributed by atoms with van der Waals surface area (Å²) >= 11 is 8.95. The highest BCUT2D eigenvalue weighted by Crippen LogP contribution is 2.44. The van der Waals surface area contributed by atoms with Crippen LogP contribution in [0.25, 0.3) is 32.8 Å². The van der Waals surface area contributed by atoms with Crippen molar-refractivity contribution in [2.45, 2.75) is 76.7 Å². The number of ether oxygens (including phenoxy) is 3. The van der Waals surface area contributed by atoms with E-state index in [1.165, 1.54) is 13.2 Å². The van der Waals surface area contributed by atoms with Gasteiger partial charge in [-0.05, 0) is 111 Å². The molecule has 2 aliphatic rings. The van der Waals surface area contributed by atoms with Crippen molar-refractivity contribution in [2.24, 2.45) is 7.05 Å². The molecule has 3 aromatic carbocycles. The number of methoxy groups -OCH3 is 1. The van der Waals surface area contributed by atoms with E-state index in [9.17, 15) is 9.18 Å². The van der Waals surface area contributed by atoms with Gasteiger partial charge in [0.05, 0.1) is 25.1 Å². The number of carbonyl (C=O) groups excluding carboxylic acids is 1. The number of carbonyl (C=O) groups is 1. The summed E-state index contributed by atoms with van der Waals surface area (Å²) in [6, 6.07) is 15.0. The van der Waals surface area contributed by atoms with E-state index < -0.39 is 5.97 Å². The highest BCUT2D eigenvalue weighted by molar-refractivity contribution is 7.97. The zero-order valence-corrected chi connectivity index (χ0v) is 32.1. The second-order valence-electron chi connectivity index (χ2n) is 14.0. The number of nitrogens with zero attached hydrogens (tertiary/aromatic N) is 5. The maximum atomic E-state index is 14.4. The summed E-state index contributed by atoms with van der Waals surface area (Å²) in [5.41, 5.74) is 9.08. The normalized spacial score (nSPS) is 17.1. The topological polar surface area (TPSA) is 85.3 Å². The molecule has 276 valence electrons. The van der Waals surface area contributed by atoms with Gasteiger partial charge in [-0.15, -0.1) is 11.8 Å². The maximum absolute atomic E-state index is 14.4. The molecule has 2 aliphatic heterocycles. The van der Waals surface area contributed by atoms with Gasteiger partial charge in [0.15, 0.2) is 0 Å². The molecule has 5 heterocycles. The van der Waals surface area contributed by atoms with Gasteiger partial charge >= 0.3 is 5.97 Å². The molecule has 6 aromatic rings. The minimum Gasteiger partial charge on any atom is -0.493 e. The van der Waals surface area contributed by atoms with Gasteiger partial charge in [-0.25, -0.2) is 13.9 Å². The average molecular weight is 756 g/mol. The molecule has 1 unspecified atom stereocenters. The first-order chi connectivity index (χ1) is 25.7. The van der Waals surface area contributed by atoms with Gasteiger partial charge in [-0.3, -0.25) is 4.68 Å². The van der Waals surface area contributed by atoms with E-state index in [0.717, 1.165) is 98.8 Å². The van der Waals surface area contributed by atoms with Gasteiger partial charge in [0.1, 0.15) is 23.5 Å². The molecule has 8 rings (SSSR count). The molecule has 8 bridgehead atoms. The van der Waals surface area contributed by atoms with Crippen LogP contribution >= 0.6 is 23.4 Å². The Morgan fingerprint density at radius 2 is 1.87 bits per heavy atom.